The molecule has 17 heavy (non-hydrogen) atoms. The molecule has 2 N–H and O–H groups in total. The Kier molecular flexibility index (Phi) is 3.81. The molecule has 0 fully saturated rings. The highest BCUT2D eigenvalue weighted by atomic mass is 79.9. The van der Waals surface area contributed by atoms with Crippen LogP contribution in [-0.2, 0) is 0 Å². The molecule has 0 aliphatic rings. The highest BCUT2D eigenvalue weighted by Gasteiger charge is 2.16. The molecule has 0 spiro atoms. The fraction of sp³-hybridized carbons (Fsp3) is 0.273. The summed E-state index contributed by atoms with van der Waals surface area (Å²) in [5, 5.41) is 4.45. The van der Waals surface area contributed by atoms with Crippen LogP contribution in [0, 0.1) is 0 Å². The Morgan fingerprint density at radius 1 is 1.53 bits per heavy atom. The molecule has 0 amide bonds. The molecule has 4 nitrogen and oxygen atoms in total. The normalized spacial score (nSPS) is 12.7. The maximum Gasteiger partial charge on any atom is 0.259 e. The molecule has 1 unspecified atom stereocenters. The zero-order valence-corrected chi connectivity index (χ0v) is 11.5. The van der Waals surface area contributed by atoms with E-state index < -0.39 is 0 Å². The number of nitrogens with two attached hydrogens (primary N) is 1. The van der Waals surface area contributed by atoms with Gasteiger partial charge in [-0.25, -0.2) is 0 Å². The van der Waals surface area contributed by atoms with Crippen molar-refractivity contribution in [3.63, 3.8) is 0 Å². The smallest absolute Gasteiger partial charge is 0.259 e. The Hall–Kier alpha value is -0.910. The van der Waals surface area contributed by atoms with Crippen molar-refractivity contribution < 1.29 is 4.52 Å². The predicted molar refractivity (Wildman–Crippen MR) is 69.9 cm³/mol. The topological polar surface area (TPSA) is 64.9 Å². The highest BCUT2D eigenvalue weighted by molar-refractivity contribution is 9.10. The third-order valence-electron chi connectivity index (χ3n) is 2.42. The van der Waals surface area contributed by atoms with Crippen molar-refractivity contribution in [2.24, 2.45) is 5.73 Å². The number of aromatic nitrogens is 2. The molecule has 1 heterocycles. The second-order valence-corrected chi connectivity index (χ2v) is 4.93. The van der Waals surface area contributed by atoms with Crippen LogP contribution in [0.4, 0.5) is 0 Å². The molecule has 90 valence electrons. The van der Waals surface area contributed by atoms with Gasteiger partial charge < -0.3 is 10.3 Å². The molecule has 0 aliphatic carbocycles. The molecule has 1 atom stereocenters. The first kappa shape index (κ1) is 12.5. The summed E-state index contributed by atoms with van der Waals surface area (Å²) >= 11 is 9.50. The minimum absolute atomic E-state index is 0.0680. The number of rotatable bonds is 3. The maximum atomic E-state index is 6.15. The average molecular weight is 317 g/mol. The van der Waals surface area contributed by atoms with E-state index in [-0.39, 0.29) is 5.92 Å². The Morgan fingerprint density at radius 3 is 3.00 bits per heavy atom. The summed E-state index contributed by atoms with van der Waals surface area (Å²) in [4.78, 5) is 4.29. The fourth-order valence-corrected chi connectivity index (χ4v) is 1.89. The van der Waals surface area contributed by atoms with Gasteiger partial charge in [-0.2, -0.15) is 4.98 Å². The maximum absolute atomic E-state index is 6.15. The number of hydrogen-bond donors (Lipinski definition) is 1. The largest absolute Gasteiger partial charge is 0.334 e. The quantitative estimate of drug-likeness (QED) is 0.944. The minimum Gasteiger partial charge on any atom is -0.334 e. The van der Waals surface area contributed by atoms with Crippen molar-refractivity contribution >= 4 is 27.5 Å². The number of halogens is 2. The molecular weight excluding hydrogens is 305 g/mol. The van der Waals surface area contributed by atoms with E-state index in [4.69, 9.17) is 21.9 Å². The molecule has 1 aromatic heterocycles. The SMILES string of the molecule is CC(CN)c1noc(-c2cccc(Br)c2Cl)n1. The summed E-state index contributed by atoms with van der Waals surface area (Å²) in [5.41, 5.74) is 6.26. The Labute approximate surface area is 112 Å². The summed E-state index contributed by atoms with van der Waals surface area (Å²) in [6.07, 6.45) is 0. The van der Waals surface area contributed by atoms with E-state index in [9.17, 15) is 0 Å². The third kappa shape index (κ3) is 2.51. The molecule has 0 saturated heterocycles. The van der Waals surface area contributed by atoms with Crippen LogP contribution in [0.5, 0.6) is 0 Å². The van der Waals surface area contributed by atoms with E-state index in [2.05, 4.69) is 26.1 Å². The van der Waals surface area contributed by atoms with E-state index in [0.29, 0.717) is 28.8 Å². The summed E-state index contributed by atoms with van der Waals surface area (Å²) < 4.78 is 5.98. The monoisotopic (exact) mass is 315 g/mol. The second-order valence-electron chi connectivity index (χ2n) is 3.70. The average Bonchev–Trinajstić information content (AvgIpc) is 2.81. The van der Waals surface area contributed by atoms with Crippen molar-refractivity contribution in [1.82, 2.24) is 10.1 Å². The predicted octanol–water partition coefficient (Wildman–Crippen LogP) is 3.21. The van der Waals surface area contributed by atoms with Crippen LogP contribution in [0.1, 0.15) is 18.7 Å². The minimum atomic E-state index is 0.0680. The van der Waals surface area contributed by atoms with E-state index >= 15 is 0 Å². The van der Waals surface area contributed by atoms with Crippen LogP contribution in [-0.4, -0.2) is 16.7 Å². The number of benzene rings is 1. The van der Waals surface area contributed by atoms with Crippen LogP contribution < -0.4 is 5.73 Å². The van der Waals surface area contributed by atoms with Gasteiger partial charge in [-0.05, 0) is 28.1 Å². The molecule has 0 aliphatic heterocycles. The van der Waals surface area contributed by atoms with Crippen molar-refractivity contribution in [3.8, 4) is 11.5 Å². The lowest BCUT2D eigenvalue weighted by Gasteiger charge is -2.01. The highest BCUT2D eigenvalue weighted by Crippen LogP contribution is 2.33. The van der Waals surface area contributed by atoms with Gasteiger partial charge in [-0.1, -0.05) is 29.7 Å². The lowest BCUT2D eigenvalue weighted by Crippen LogP contribution is -2.10. The van der Waals surface area contributed by atoms with E-state index in [1.54, 1.807) is 0 Å². The van der Waals surface area contributed by atoms with Crippen molar-refractivity contribution in [2.45, 2.75) is 12.8 Å². The van der Waals surface area contributed by atoms with Gasteiger partial charge in [0.2, 0.25) is 0 Å². The Bertz CT molecular complexity index is 529. The Balaban J connectivity index is 2.40. The molecule has 0 bridgehead atoms. The van der Waals surface area contributed by atoms with Gasteiger partial charge in [0.25, 0.3) is 5.89 Å². The van der Waals surface area contributed by atoms with E-state index in [1.807, 2.05) is 25.1 Å². The molecule has 1 aromatic carbocycles. The first-order valence-corrected chi connectivity index (χ1v) is 6.28. The van der Waals surface area contributed by atoms with Crippen LogP contribution in [0.2, 0.25) is 5.02 Å². The third-order valence-corrected chi connectivity index (χ3v) is 3.71. The first-order chi connectivity index (χ1) is 8.13. The number of hydrogen-bond acceptors (Lipinski definition) is 4. The van der Waals surface area contributed by atoms with E-state index in [0.717, 1.165) is 4.47 Å². The molecule has 6 heteroatoms. The van der Waals surface area contributed by atoms with Crippen LogP contribution in [0.25, 0.3) is 11.5 Å². The molecule has 0 radical (unpaired) electrons. The molecular formula is C11H11BrClN3O. The summed E-state index contributed by atoms with van der Waals surface area (Å²) in [6, 6.07) is 5.55. The summed E-state index contributed by atoms with van der Waals surface area (Å²) in [5.74, 6) is 1.07. The second kappa shape index (κ2) is 5.16. The zero-order valence-electron chi connectivity index (χ0n) is 9.15. The first-order valence-electron chi connectivity index (χ1n) is 5.11. The zero-order chi connectivity index (χ0) is 12.4. The van der Waals surface area contributed by atoms with Crippen LogP contribution >= 0.6 is 27.5 Å². The lowest BCUT2D eigenvalue weighted by atomic mass is 10.2. The standard InChI is InChI=1S/C11H11BrClN3O/c1-6(5-14)10-15-11(17-16-10)7-3-2-4-8(12)9(7)13/h2-4,6H,5,14H2,1H3. The van der Waals surface area contributed by atoms with Gasteiger partial charge >= 0.3 is 0 Å². The van der Waals surface area contributed by atoms with Gasteiger partial charge in [-0.15, -0.1) is 0 Å². The lowest BCUT2D eigenvalue weighted by molar-refractivity contribution is 0.418. The van der Waals surface area contributed by atoms with Crippen molar-refractivity contribution in [3.05, 3.63) is 33.5 Å². The van der Waals surface area contributed by atoms with Crippen LogP contribution in [0.15, 0.2) is 27.2 Å². The molecule has 0 saturated carbocycles. The Morgan fingerprint density at radius 2 is 2.29 bits per heavy atom. The van der Waals surface area contributed by atoms with Crippen molar-refractivity contribution in [2.75, 3.05) is 6.54 Å². The van der Waals surface area contributed by atoms with Gasteiger partial charge in [0.15, 0.2) is 5.82 Å². The van der Waals surface area contributed by atoms with Gasteiger partial charge in [0.1, 0.15) is 0 Å². The van der Waals surface area contributed by atoms with Gasteiger partial charge in [0.05, 0.1) is 10.6 Å². The van der Waals surface area contributed by atoms with E-state index in [1.165, 1.54) is 0 Å². The van der Waals surface area contributed by atoms with Crippen LogP contribution in [0.3, 0.4) is 0 Å². The molecule has 2 rings (SSSR count). The fourth-order valence-electron chi connectivity index (χ4n) is 1.32. The van der Waals surface area contributed by atoms with Crippen molar-refractivity contribution in [1.29, 1.82) is 0 Å². The molecule has 2 aromatic rings. The summed E-state index contributed by atoms with van der Waals surface area (Å²) in [6.45, 7) is 2.42. The van der Waals surface area contributed by atoms with Gasteiger partial charge in [-0.3, -0.25) is 0 Å². The summed E-state index contributed by atoms with van der Waals surface area (Å²) in [7, 11) is 0. The van der Waals surface area contributed by atoms with Gasteiger partial charge in [0, 0.05) is 16.9 Å². The number of nitrogens with zero attached hydrogens (tertiary/aromatic N) is 2.